The number of nitrogens with one attached hydrogen (secondary N) is 1. The summed E-state index contributed by atoms with van der Waals surface area (Å²) in [6.07, 6.45) is 9.59. The zero-order valence-corrected chi connectivity index (χ0v) is 16.0. The molecule has 0 aromatic carbocycles. The lowest BCUT2D eigenvalue weighted by atomic mass is 9.93. The number of ether oxygens (including phenoxy) is 1. The topological polar surface area (TPSA) is 102 Å². The largest absolute Gasteiger partial charge is 0.481 e. The van der Waals surface area contributed by atoms with E-state index >= 15 is 0 Å². The van der Waals surface area contributed by atoms with Crippen molar-refractivity contribution in [2.45, 2.75) is 30.7 Å². The number of aliphatic imine (C=N–C) groups is 1. The third-order valence-corrected chi connectivity index (χ3v) is 5.56. The standard InChI is InChI=1S/C21H21FN6O/c1-29-16-6-7-21(23,10-25-16)15-5-4-13(19(22)28-15)8-14-9-24-20-17(14)18(12-2-3-12)26-11-27-20/h4-7,9,11-12H,2-3,8,10,23H2,1H3,(H,24,26,27). The second kappa shape index (κ2) is 6.73. The lowest BCUT2D eigenvalue weighted by molar-refractivity contribution is 0.395. The first kappa shape index (κ1) is 17.9. The molecule has 0 bridgehead atoms. The molecule has 8 heteroatoms. The van der Waals surface area contributed by atoms with E-state index in [0.717, 1.165) is 35.1 Å². The Kier molecular flexibility index (Phi) is 4.16. The van der Waals surface area contributed by atoms with Crippen molar-refractivity contribution in [1.82, 2.24) is 19.9 Å². The van der Waals surface area contributed by atoms with Crippen LogP contribution in [0.25, 0.3) is 11.0 Å². The van der Waals surface area contributed by atoms with E-state index in [4.69, 9.17) is 10.5 Å². The van der Waals surface area contributed by atoms with E-state index in [1.54, 1.807) is 37.7 Å². The second-order valence-electron chi connectivity index (χ2n) is 7.63. The molecule has 7 nitrogen and oxygen atoms in total. The molecule has 1 aliphatic heterocycles. The van der Waals surface area contributed by atoms with Crippen LogP contribution in [0.1, 0.15) is 41.3 Å². The van der Waals surface area contributed by atoms with E-state index in [1.165, 1.54) is 0 Å². The molecule has 0 radical (unpaired) electrons. The van der Waals surface area contributed by atoms with Gasteiger partial charge in [0.15, 0.2) is 0 Å². The van der Waals surface area contributed by atoms with Crippen molar-refractivity contribution in [1.29, 1.82) is 0 Å². The van der Waals surface area contributed by atoms with Gasteiger partial charge < -0.3 is 15.5 Å². The minimum atomic E-state index is -0.949. The number of halogens is 1. The number of hydrogen-bond donors (Lipinski definition) is 2. The first-order chi connectivity index (χ1) is 14.1. The van der Waals surface area contributed by atoms with Gasteiger partial charge in [-0.05, 0) is 30.5 Å². The summed E-state index contributed by atoms with van der Waals surface area (Å²) in [7, 11) is 1.55. The lowest BCUT2D eigenvalue weighted by Crippen LogP contribution is -2.41. The molecule has 3 aromatic heterocycles. The fourth-order valence-electron chi connectivity index (χ4n) is 3.75. The molecule has 1 unspecified atom stereocenters. The number of H-pyrrole nitrogens is 1. The summed E-state index contributed by atoms with van der Waals surface area (Å²) >= 11 is 0. The maximum atomic E-state index is 14.9. The molecule has 2 aliphatic rings. The molecule has 29 heavy (non-hydrogen) atoms. The molecule has 4 heterocycles. The Hall–Kier alpha value is -3.13. The van der Waals surface area contributed by atoms with Crippen LogP contribution >= 0.6 is 0 Å². The molecule has 3 N–H and O–H groups in total. The molecule has 148 valence electrons. The minimum absolute atomic E-state index is 0.253. The van der Waals surface area contributed by atoms with Crippen LogP contribution in [0.3, 0.4) is 0 Å². The highest BCUT2D eigenvalue weighted by atomic mass is 19.1. The Morgan fingerprint density at radius 1 is 1.28 bits per heavy atom. The van der Waals surface area contributed by atoms with Crippen molar-refractivity contribution >= 4 is 16.9 Å². The van der Waals surface area contributed by atoms with Crippen molar-refractivity contribution in [3.63, 3.8) is 0 Å². The summed E-state index contributed by atoms with van der Waals surface area (Å²) in [4.78, 5) is 20.4. The van der Waals surface area contributed by atoms with Gasteiger partial charge in [0.1, 0.15) is 12.0 Å². The van der Waals surface area contributed by atoms with Crippen LogP contribution in [0.15, 0.2) is 41.8 Å². The number of aromatic amines is 1. The number of fused-ring (bicyclic) bond motifs is 1. The average molecular weight is 392 g/mol. The summed E-state index contributed by atoms with van der Waals surface area (Å²) in [6, 6.07) is 3.51. The highest BCUT2D eigenvalue weighted by Gasteiger charge is 2.30. The summed E-state index contributed by atoms with van der Waals surface area (Å²) in [5.41, 5.74) is 9.20. The van der Waals surface area contributed by atoms with Gasteiger partial charge >= 0.3 is 0 Å². The molecular formula is C21H21FN6O. The van der Waals surface area contributed by atoms with Gasteiger partial charge in [-0.3, -0.25) is 0 Å². The van der Waals surface area contributed by atoms with Gasteiger partial charge in [-0.15, -0.1) is 0 Å². The Morgan fingerprint density at radius 2 is 2.14 bits per heavy atom. The molecule has 1 aliphatic carbocycles. The molecule has 5 rings (SSSR count). The Labute approximate surface area is 167 Å². The van der Waals surface area contributed by atoms with Crippen molar-refractivity contribution in [2.75, 3.05) is 13.7 Å². The van der Waals surface area contributed by atoms with Crippen LogP contribution in [0.4, 0.5) is 4.39 Å². The number of rotatable bonds is 4. The lowest BCUT2D eigenvalue weighted by Gasteiger charge is -2.26. The van der Waals surface area contributed by atoms with E-state index in [1.807, 2.05) is 6.20 Å². The maximum Gasteiger partial charge on any atom is 0.216 e. The number of pyridine rings is 1. The number of nitrogens with two attached hydrogens (primary N) is 1. The zero-order chi connectivity index (χ0) is 20.0. The number of methoxy groups -OCH3 is 1. The molecule has 1 atom stereocenters. The van der Waals surface area contributed by atoms with Crippen LogP contribution in [0.5, 0.6) is 0 Å². The predicted molar refractivity (Wildman–Crippen MR) is 107 cm³/mol. The fraction of sp³-hybridized carbons (Fsp3) is 0.333. The second-order valence-corrected chi connectivity index (χ2v) is 7.63. The van der Waals surface area contributed by atoms with Crippen molar-refractivity contribution in [3.05, 3.63) is 65.3 Å². The third-order valence-electron chi connectivity index (χ3n) is 5.56. The molecular weight excluding hydrogens is 371 g/mol. The molecule has 3 aromatic rings. The van der Waals surface area contributed by atoms with E-state index < -0.39 is 11.5 Å². The monoisotopic (exact) mass is 392 g/mol. The summed E-state index contributed by atoms with van der Waals surface area (Å²) in [5.74, 6) is 0.450. The quantitative estimate of drug-likeness (QED) is 0.665. The van der Waals surface area contributed by atoms with Crippen LogP contribution in [0, 0.1) is 5.95 Å². The molecule has 0 saturated heterocycles. The maximum absolute atomic E-state index is 14.9. The summed E-state index contributed by atoms with van der Waals surface area (Å²) < 4.78 is 20.0. The minimum Gasteiger partial charge on any atom is -0.481 e. The van der Waals surface area contributed by atoms with Crippen LogP contribution < -0.4 is 5.73 Å². The predicted octanol–water partition coefficient (Wildman–Crippen LogP) is 2.73. The van der Waals surface area contributed by atoms with E-state index in [2.05, 4.69) is 24.9 Å². The van der Waals surface area contributed by atoms with Crippen LogP contribution in [-0.4, -0.2) is 39.5 Å². The highest BCUT2D eigenvalue weighted by molar-refractivity contribution is 5.88. The number of hydrogen-bond acceptors (Lipinski definition) is 6. The first-order valence-electron chi connectivity index (χ1n) is 9.61. The number of aromatic nitrogens is 4. The van der Waals surface area contributed by atoms with Crippen molar-refractivity contribution < 1.29 is 9.13 Å². The normalized spacial score (nSPS) is 21.4. The molecule has 1 fully saturated rings. The highest BCUT2D eigenvalue weighted by Crippen LogP contribution is 2.42. The van der Waals surface area contributed by atoms with Crippen molar-refractivity contribution in [3.8, 4) is 0 Å². The van der Waals surface area contributed by atoms with E-state index in [0.29, 0.717) is 29.5 Å². The van der Waals surface area contributed by atoms with Crippen LogP contribution in [-0.2, 0) is 16.7 Å². The first-order valence-corrected chi connectivity index (χ1v) is 9.61. The summed E-state index contributed by atoms with van der Waals surface area (Å²) in [5, 5.41) is 1.01. The summed E-state index contributed by atoms with van der Waals surface area (Å²) in [6.45, 7) is 0.253. The molecule has 1 saturated carbocycles. The zero-order valence-electron chi connectivity index (χ0n) is 16.0. The van der Waals surface area contributed by atoms with Gasteiger partial charge in [-0.25, -0.2) is 19.9 Å². The Balaban J connectivity index is 1.45. The van der Waals surface area contributed by atoms with E-state index in [9.17, 15) is 4.39 Å². The smallest absolute Gasteiger partial charge is 0.216 e. The van der Waals surface area contributed by atoms with Crippen molar-refractivity contribution in [2.24, 2.45) is 10.7 Å². The average Bonchev–Trinajstić information content (AvgIpc) is 3.51. The van der Waals surface area contributed by atoms with E-state index in [-0.39, 0.29) is 6.54 Å². The van der Waals surface area contributed by atoms with Gasteiger partial charge in [0.05, 0.1) is 30.6 Å². The van der Waals surface area contributed by atoms with Gasteiger partial charge in [0, 0.05) is 29.5 Å². The molecule has 0 amide bonds. The van der Waals surface area contributed by atoms with Crippen LogP contribution in [0.2, 0.25) is 0 Å². The van der Waals surface area contributed by atoms with Gasteiger partial charge in [-0.1, -0.05) is 12.1 Å². The Morgan fingerprint density at radius 3 is 2.83 bits per heavy atom. The third kappa shape index (κ3) is 3.19. The number of nitrogens with zero attached hydrogens (tertiary/aromatic N) is 4. The fourth-order valence-corrected chi connectivity index (χ4v) is 3.75. The number of dihydropyridines is 1. The SMILES string of the molecule is COC1=NCC(N)(c2ccc(Cc3c[nH]c4ncnc(C5CC5)c34)c(F)n2)C=C1. The van der Waals surface area contributed by atoms with Gasteiger partial charge in [-0.2, -0.15) is 4.39 Å². The van der Waals surface area contributed by atoms with Gasteiger partial charge in [0.25, 0.3) is 0 Å². The van der Waals surface area contributed by atoms with Gasteiger partial charge in [0.2, 0.25) is 11.8 Å². The molecule has 0 spiro atoms. The Bertz CT molecular complexity index is 1150.